The molecule has 1 aliphatic carbocycles. The van der Waals surface area contributed by atoms with Crippen molar-refractivity contribution < 1.29 is 15.0 Å². The molecular formula is C19H25NO3. The number of fused-ring (bicyclic) bond motifs is 3. The lowest BCUT2D eigenvalue weighted by Gasteiger charge is -2.34. The van der Waals surface area contributed by atoms with Crippen LogP contribution < -0.4 is 0 Å². The smallest absolute Gasteiger partial charge is 0.335 e. The minimum absolute atomic E-state index is 0.0968. The Bertz CT molecular complexity index is 752. The highest BCUT2D eigenvalue weighted by atomic mass is 16.4. The molecule has 1 aliphatic rings. The van der Waals surface area contributed by atoms with Crippen molar-refractivity contribution in [3.05, 3.63) is 35.0 Å². The van der Waals surface area contributed by atoms with Gasteiger partial charge < -0.3 is 14.8 Å². The van der Waals surface area contributed by atoms with Gasteiger partial charge in [0.25, 0.3) is 0 Å². The summed E-state index contributed by atoms with van der Waals surface area (Å²) in [6.07, 6.45) is 3.12. The molecule has 0 amide bonds. The summed E-state index contributed by atoms with van der Waals surface area (Å²) >= 11 is 0. The fraction of sp³-hybridized carbons (Fsp3) is 0.526. The van der Waals surface area contributed by atoms with Gasteiger partial charge in [0.15, 0.2) is 0 Å². The van der Waals surface area contributed by atoms with Gasteiger partial charge in [0.1, 0.15) is 0 Å². The number of rotatable bonds is 3. The Balaban J connectivity index is 2.18. The SMILES string of the molecule is CC(C)(C)C1CCc2c(c3cc(C(=O)O)ccc3n2CCO)C1. The van der Waals surface area contributed by atoms with Crippen LogP contribution in [0.25, 0.3) is 10.9 Å². The summed E-state index contributed by atoms with van der Waals surface area (Å²) in [6.45, 7) is 7.49. The van der Waals surface area contributed by atoms with E-state index < -0.39 is 5.97 Å². The maximum atomic E-state index is 11.3. The third-order valence-electron chi connectivity index (χ3n) is 5.26. The van der Waals surface area contributed by atoms with E-state index >= 15 is 0 Å². The fourth-order valence-corrected chi connectivity index (χ4v) is 3.88. The fourth-order valence-electron chi connectivity index (χ4n) is 3.88. The molecule has 2 N–H and O–H groups in total. The van der Waals surface area contributed by atoms with Crippen LogP contribution in [0.2, 0.25) is 0 Å². The topological polar surface area (TPSA) is 62.5 Å². The van der Waals surface area contributed by atoms with E-state index in [1.54, 1.807) is 12.1 Å². The molecule has 0 bridgehead atoms. The maximum Gasteiger partial charge on any atom is 0.335 e. The molecule has 3 rings (SSSR count). The predicted octanol–water partition coefficient (Wildman–Crippen LogP) is 3.48. The molecule has 1 aromatic heterocycles. The van der Waals surface area contributed by atoms with Crippen molar-refractivity contribution in [1.29, 1.82) is 0 Å². The second-order valence-corrected chi connectivity index (χ2v) is 7.64. The normalized spacial score (nSPS) is 18.2. The van der Waals surface area contributed by atoms with Gasteiger partial charge in [0.05, 0.1) is 12.2 Å². The van der Waals surface area contributed by atoms with Crippen LogP contribution in [0.15, 0.2) is 18.2 Å². The van der Waals surface area contributed by atoms with Crippen LogP contribution in [0.5, 0.6) is 0 Å². The average molecular weight is 315 g/mol. The Morgan fingerprint density at radius 1 is 1.35 bits per heavy atom. The van der Waals surface area contributed by atoms with Crippen LogP contribution in [0.1, 0.15) is 48.8 Å². The van der Waals surface area contributed by atoms with Gasteiger partial charge in [-0.2, -0.15) is 0 Å². The Kier molecular flexibility index (Phi) is 3.96. The molecule has 1 atom stereocenters. The minimum Gasteiger partial charge on any atom is -0.478 e. The average Bonchev–Trinajstić information content (AvgIpc) is 2.80. The van der Waals surface area contributed by atoms with Crippen molar-refractivity contribution in [2.24, 2.45) is 11.3 Å². The summed E-state index contributed by atoms with van der Waals surface area (Å²) in [5.74, 6) is -0.296. The zero-order valence-electron chi connectivity index (χ0n) is 14.1. The number of nitrogens with zero attached hydrogens (tertiary/aromatic N) is 1. The zero-order valence-corrected chi connectivity index (χ0v) is 14.1. The molecule has 23 heavy (non-hydrogen) atoms. The molecule has 2 aromatic rings. The first-order valence-electron chi connectivity index (χ1n) is 8.31. The molecule has 1 unspecified atom stereocenters. The quantitative estimate of drug-likeness (QED) is 0.911. The van der Waals surface area contributed by atoms with Gasteiger partial charge >= 0.3 is 5.97 Å². The van der Waals surface area contributed by atoms with Crippen molar-refractivity contribution in [2.45, 2.75) is 46.6 Å². The van der Waals surface area contributed by atoms with Crippen LogP contribution >= 0.6 is 0 Å². The third-order valence-corrected chi connectivity index (χ3v) is 5.26. The Morgan fingerprint density at radius 3 is 2.70 bits per heavy atom. The highest BCUT2D eigenvalue weighted by Gasteiger charge is 2.32. The predicted molar refractivity (Wildman–Crippen MR) is 91.0 cm³/mol. The summed E-state index contributed by atoms with van der Waals surface area (Å²) in [7, 11) is 0. The number of aromatic nitrogens is 1. The van der Waals surface area contributed by atoms with E-state index in [0.717, 1.165) is 30.2 Å². The molecule has 0 saturated heterocycles. The first-order chi connectivity index (χ1) is 10.8. The molecule has 1 heterocycles. The molecule has 0 radical (unpaired) electrons. The van der Waals surface area contributed by atoms with E-state index in [1.807, 2.05) is 6.07 Å². The number of carbonyl (C=O) groups is 1. The molecule has 0 spiro atoms. The van der Waals surface area contributed by atoms with E-state index in [2.05, 4.69) is 25.3 Å². The molecule has 4 nitrogen and oxygen atoms in total. The lowest BCUT2D eigenvalue weighted by atomic mass is 9.71. The molecule has 0 saturated carbocycles. The summed E-state index contributed by atoms with van der Waals surface area (Å²) in [4.78, 5) is 11.3. The van der Waals surface area contributed by atoms with E-state index in [9.17, 15) is 15.0 Å². The first kappa shape index (κ1) is 16.1. The van der Waals surface area contributed by atoms with E-state index in [1.165, 1.54) is 11.3 Å². The van der Waals surface area contributed by atoms with Crippen molar-refractivity contribution in [1.82, 2.24) is 4.57 Å². The number of aliphatic hydroxyl groups excluding tert-OH is 1. The van der Waals surface area contributed by atoms with Crippen LogP contribution in [-0.4, -0.2) is 27.4 Å². The van der Waals surface area contributed by atoms with E-state index in [4.69, 9.17) is 0 Å². The van der Waals surface area contributed by atoms with E-state index in [0.29, 0.717) is 18.0 Å². The third kappa shape index (κ3) is 2.76. The Morgan fingerprint density at radius 2 is 2.09 bits per heavy atom. The lowest BCUT2D eigenvalue weighted by Crippen LogP contribution is -2.27. The highest BCUT2D eigenvalue weighted by molar-refractivity contribution is 5.95. The molecular weight excluding hydrogens is 290 g/mol. The van der Waals surface area contributed by atoms with Crippen molar-refractivity contribution in [2.75, 3.05) is 6.61 Å². The minimum atomic E-state index is -0.890. The van der Waals surface area contributed by atoms with Gasteiger partial charge in [0, 0.05) is 23.1 Å². The second kappa shape index (κ2) is 5.68. The maximum absolute atomic E-state index is 11.3. The summed E-state index contributed by atoms with van der Waals surface area (Å²) in [5.41, 5.74) is 4.18. The first-order valence-corrected chi connectivity index (χ1v) is 8.31. The van der Waals surface area contributed by atoms with Gasteiger partial charge in [-0.3, -0.25) is 0 Å². The van der Waals surface area contributed by atoms with Gasteiger partial charge in [-0.15, -0.1) is 0 Å². The Hall–Kier alpha value is -1.81. The van der Waals surface area contributed by atoms with Gasteiger partial charge in [0.2, 0.25) is 0 Å². The van der Waals surface area contributed by atoms with Crippen LogP contribution in [0, 0.1) is 11.3 Å². The Labute approximate surface area is 136 Å². The van der Waals surface area contributed by atoms with Crippen molar-refractivity contribution >= 4 is 16.9 Å². The number of benzene rings is 1. The van der Waals surface area contributed by atoms with Gasteiger partial charge in [-0.25, -0.2) is 4.79 Å². The number of carboxylic acid groups (broad SMARTS) is 1. The standard InChI is InChI=1S/C19H25NO3/c1-19(2,3)13-5-7-17-15(11-13)14-10-12(18(22)23)4-6-16(14)20(17)8-9-21/h4,6,10,13,21H,5,7-9,11H2,1-3H3,(H,22,23). The van der Waals surface area contributed by atoms with Crippen molar-refractivity contribution in [3.63, 3.8) is 0 Å². The number of hydrogen-bond donors (Lipinski definition) is 2. The summed E-state index contributed by atoms with van der Waals surface area (Å²) < 4.78 is 2.18. The largest absolute Gasteiger partial charge is 0.478 e. The van der Waals surface area contributed by atoms with Crippen LogP contribution in [-0.2, 0) is 19.4 Å². The molecule has 4 heteroatoms. The number of carboxylic acids is 1. The van der Waals surface area contributed by atoms with Crippen LogP contribution in [0.4, 0.5) is 0 Å². The molecule has 0 fully saturated rings. The van der Waals surface area contributed by atoms with Crippen LogP contribution in [0.3, 0.4) is 0 Å². The zero-order chi connectivity index (χ0) is 16.8. The monoisotopic (exact) mass is 315 g/mol. The number of aromatic carboxylic acids is 1. The number of aliphatic hydroxyl groups is 1. The molecule has 1 aromatic carbocycles. The second-order valence-electron chi connectivity index (χ2n) is 7.64. The number of hydrogen-bond acceptors (Lipinski definition) is 2. The summed E-state index contributed by atoms with van der Waals surface area (Å²) in [5, 5.41) is 19.7. The van der Waals surface area contributed by atoms with E-state index in [-0.39, 0.29) is 12.0 Å². The molecule has 0 aliphatic heterocycles. The van der Waals surface area contributed by atoms with Gasteiger partial charge in [-0.1, -0.05) is 20.8 Å². The molecule has 124 valence electrons. The lowest BCUT2D eigenvalue weighted by molar-refractivity contribution is 0.0697. The van der Waals surface area contributed by atoms with Gasteiger partial charge in [-0.05, 0) is 54.4 Å². The summed E-state index contributed by atoms with van der Waals surface area (Å²) in [6, 6.07) is 5.35. The highest BCUT2D eigenvalue weighted by Crippen LogP contribution is 2.41. The van der Waals surface area contributed by atoms with Crippen molar-refractivity contribution in [3.8, 4) is 0 Å².